The first-order valence-electron chi connectivity index (χ1n) is 5.65. The molecule has 0 aliphatic rings. The molecule has 0 heterocycles. The fourth-order valence-corrected chi connectivity index (χ4v) is 2.85. The Morgan fingerprint density at radius 3 is 1.85 bits per heavy atom. The van der Waals surface area contributed by atoms with Crippen molar-refractivity contribution in [2.45, 2.75) is 65.4 Å². The highest BCUT2D eigenvalue weighted by molar-refractivity contribution is 5.98. The monoisotopic (exact) mass is 202 g/mol. The fourth-order valence-electron chi connectivity index (χ4n) is 2.27. The molecular weight excluding hydrogens is 176 g/mol. The molecule has 0 fully saturated rings. The van der Waals surface area contributed by atoms with Crippen molar-refractivity contribution >= 4 is 10.5 Å². The van der Waals surface area contributed by atoms with E-state index >= 15 is 0 Å². The molecule has 0 spiro atoms. The zero-order chi connectivity index (χ0) is 10.3. The van der Waals surface area contributed by atoms with Crippen molar-refractivity contribution in [3.8, 4) is 0 Å². The molecule has 0 aromatic heterocycles. The highest BCUT2D eigenvalue weighted by Gasteiger charge is 2.27. The first-order chi connectivity index (χ1) is 6.10. The minimum Gasteiger partial charge on any atom is -0.422 e. The standard InChI is InChI=1S/C11H26OSi/c1-5-7-11(12-13,8-6-2)9-10(3)4/h10H,5-9H2,1-4,13H3. The predicted molar refractivity (Wildman–Crippen MR) is 63.0 cm³/mol. The van der Waals surface area contributed by atoms with Crippen molar-refractivity contribution in [2.24, 2.45) is 5.92 Å². The topological polar surface area (TPSA) is 9.23 Å². The summed E-state index contributed by atoms with van der Waals surface area (Å²) in [5.74, 6) is 0.757. The van der Waals surface area contributed by atoms with Gasteiger partial charge in [-0.05, 0) is 25.2 Å². The Morgan fingerprint density at radius 2 is 1.62 bits per heavy atom. The molecule has 0 saturated carbocycles. The molecule has 0 rings (SSSR count). The molecule has 0 radical (unpaired) electrons. The Hall–Kier alpha value is 0.177. The van der Waals surface area contributed by atoms with Gasteiger partial charge >= 0.3 is 0 Å². The van der Waals surface area contributed by atoms with Crippen LogP contribution in [-0.4, -0.2) is 16.1 Å². The van der Waals surface area contributed by atoms with Crippen molar-refractivity contribution in [1.82, 2.24) is 0 Å². The quantitative estimate of drug-likeness (QED) is 0.577. The summed E-state index contributed by atoms with van der Waals surface area (Å²) >= 11 is 0. The highest BCUT2D eigenvalue weighted by Crippen LogP contribution is 2.30. The minimum absolute atomic E-state index is 0.226. The van der Waals surface area contributed by atoms with Crippen LogP contribution in [0.15, 0.2) is 0 Å². The van der Waals surface area contributed by atoms with Gasteiger partial charge in [-0.25, -0.2) is 0 Å². The van der Waals surface area contributed by atoms with Gasteiger partial charge in [0, 0.05) is 0 Å². The van der Waals surface area contributed by atoms with Gasteiger partial charge in [0.15, 0.2) is 0 Å². The molecule has 1 nitrogen and oxygen atoms in total. The van der Waals surface area contributed by atoms with Crippen LogP contribution in [0.25, 0.3) is 0 Å². The van der Waals surface area contributed by atoms with E-state index in [1.807, 2.05) is 0 Å². The maximum Gasteiger partial charge on any atom is 0.146 e. The SMILES string of the molecule is CCCC(CCC)(CC(C)C)O[SiH3]. The van der Waals surface area contributed by atoms with Crippen molar-refractivity contribution in [1.29, 1.82) is 0 Å². The molecule has 0 aliphatic carbocycles. The van der Waals surface area contributed by atoms with Gasteiger partial charge in [0.2, 0.25) is 0 Å². The minimum atomic E-state index is 0.226. The van der Waals surface area contributed by atoms with Gasteiger partial charge < -0.3 is 4.43 Å². The molecule has 80 valence electrons. The zero-order valence-corrected chi connectivity index (χ0v) is 12.0. The van der Waals surface area contributed by atoms with Gasteiger partial charge in [0.05, 0.1) is 5.60 Å². The summed E-state index contributed by atoms with van der Waals surface area (Å²) in [5, 5.41) is 0. The lowest BCUT2D eigenvalue weighted by Gasteiger charge is -2.34. The van der Waals surface area contributed by atoms with Crippen LogP contribution in [0.1, 0.15) is 59.8 Å². The third-order valence-electron chi connectivity index (χ3n) is 2.62. The largest absolute Gasteiger partial charge is 0.422 e. The lowest BCUT2D eigenvalue weighted by Crippen LogP contribution is -2.33. The first kappa shape index (κ1) is 13.2. The Bertz CT molecular complexity index is 117. The molecule has 0 amide bonds. The molecule has 13 heavy (non-hydrogen) atoms. The van der Waals surface area contributed by atoms with Crippen molar-refractivity contribution in [2.75, 3.05) is 0 Å². The van der Waals surface area contributed by atoms with Crippen LogP contribution in [0.3, 0.4) is 0 Å². The summed E-state index contributed by atoms with van der Waals surface area (Å²) < 4.78 is 5.87. The predicted octanol–water partition coefficient (Wildman–Crippen LogP) is 2.67. The van der Waals surface area contributed by atoms with E-state index in [0.717, 1.165) is 16.4 Å². The van der Waals surface area contributed by atoms with Crippen LogP contribution in [0.5, 0.6) is 0 Å². The molecule has 0 N–H and O–H groups in total. The number of hydrogen-bond acceptors (Lipinski definition) is 1. The average Bonchev–Trinajstić information content (AvgIpc) is 2.04. The molecule has 0 bridgehead atoms. The number of rotatable bonds is 7. The third kappa shape index (κ3) is 4.82. The molecular formula is C11H26OSi. The van der Waals surface area contributed by atoms with Gasteiger partial charge in [0.25, 0.3) is 0 Å². The Morgan fingerprint density at radius 1 is 1.15 bits per heavy atom. The van der Waals surface area contributed by atoms with Gasteiger partial charge in [-0.1, -0.05) is 40.5 Å². The van der Waals surface area contributed by atoms with Crippen molar-refractivity contribution < 1.29 is 4.43 Å². The third-order valence-corrected chi connectivity index (χ3v) is 3.49. The second kappa shape index (κ2) is 6.60. The summed E-state index contributed by atoms with van der Waals surface area (Å²) in [6.45, 7) is 9.10. The Labute approximate surface area is 86.8 Å². The lowest BCUT2D eigenvalue weighted by atomic mass is 9.85. The normalized spacial score (nSPS) is 12.7. The summed E-state index contributed by atoms with van der Waals surface area (Å²) in [4.78, 5) is 0. The smallest absolute Gasteiger partial charge is 0.146 e. The van der Waals surface area contributed by atoms with E-state index in [1.54, 1.807) is 0 Å². The van der Waals surface area contributed by atoms with Crippen LogP contribution in [-0.2, 0) is 4.43 Å². The first-order valence-corrected chi connectivity index (χ1v) is 6.47. The average molecular weight is 202 g/mol. The number of hydrogen-bond donors (Lipinski definition) is 0. The van der Waals surface area contributed by atoms with E-state index in [9.17, 15) is 0 Å². The van der Waals surface area contributed by atoms with Crippen LogP contribution in [0, 0.1) is 5.92 Å². The second-order valence-corrected chi connectivity index (χ2v) is 4.89. The van der Waals surface area contributed by atoms with E-state index in [2.05, 4.69) is 27.7 Å². The van der Waals surface area contributed by atoms with Gasteiger partial charge in [0.1, 0.15) is 10.5 Å². The maximum atomic E-state index is 5.87. The molecule has 0 aromatic carbocycles. The molecule has 0 aromatic rings. The summed E-state index contributed by atoms with van der Waals surface area (Å²) in [6.07, 6.45) is 6.20. The second-order valence-electron chi connectivity index (χ2n) is 4.49. The summed E-state index contributed by atoms with van der Waals surface area (Å²) in [7, 11) is 0.880. The highest BCUT2D eigenvalue weighted by atomic mass is 28.2. The van der Waals surface area contributed by atoms with Gasteiger partial charge in [-0.2, -0.15) is 0 Å². The zero-order valence-electron chi connectivity index (χ0n) is 10.0. The molecule has 2 heteroatoms. The Kier molecular flexibility index (Phi) is 6.69. The van der Waals surface area contributed by atoms with Crippen LogP contribution in [0.4, 0.5) is 0 Å². The fraction of sp³-hybridized carbons (Fsp3) is 1.00. The van der Waals surface area contributed by atoms with E-state index in [-0.39, 0.29) is 5.60 Å². The van der Waals surface area contributed by atoms with E-state index in [1.165, 1.54) is 32.1 Å². The van der Waals surface area contributed by atoms with Crippen LogP contribution >= 0.6 is 0 Å². The van der Waals surface area contributed by atoms with Crippen molar-refractivity contribution in [3.05, 3.63) is 0 Å². The molecule has 0 unspecified atom stereocenters. The van der Waals surface area contributed by atoms with Crippen LogP contribution in [0.2, 0.25) is 0 Å². The molecule has 0 atom stereocenters. The van der Waals surface area contributed by atoms with E-state index < -0.39 is 0 Å². The van der Waals surface area contributed by atoms with Gasteiger partial charge in [-0.15, -0.1) is 0 Å². The van der Waals surface area contributed by atoms with E-state index in [4.69, 9.17) is 4.43 Å². The molecule has 0 aliphatic heterocycles. The summed E-state index contributed by atoms with van der Waals surface area (Å²) in [6, 6.07) is 0. The van der Waals surface area contributed by atoms with E-state index in [0.29, 0.717) is 0 Å². The van der Waals surface area contributed by atoms with Gasteiger partial charge in [-0.3, -0.25) is 0 Å². The van der Waals surface area contributed by atoms with Crippen molar-refractivity contribution in [3.63, 3.8) is 0 Å². The Balaban J connectivity index is 4.24. The molecule has 0 saturated heterocycles. The summed E-state index contributed by atoms with van der Waals surface area (Å²) in [5.41, 5.74) is 0.226. The van der Waals surface area contributed by atoms with Crippen LogP contribution < -0.4 is 0 Å². The maximum absolute atomic E-state index is 5.87. The lowest BCUT2D eigenvalue weighted by molar-refractivity contribution is 0.0367.